The number of rotatable bonds is 5. The van der Waals surface area contributed by atoms with Gasteiger partial charge in [-0.25, -0.2) is 9.18 Å². The number of nitrogens with one attached hydrogen (secondary N) is 1. The van der Waals surface area contributed by atoms with Crippen molar-refractivity contribution in [2.75, 3.05) is 25.5 Å². The minimum Gasteiger partial charge on any atom is -0.494 e. The Morgan fingerprint density at radius 1 is 1.14 bits per heavy atom. The van der Waals surface area contributed by atoms with E-state index in [4.69, 9.17) is 4.74 Å². The number of aromatic nitrogens is 1. The molecule has 1 aliphatic rings. The normalized spacial score (nSPS) is 15.2. The summed E-state index contributed by atoms with van der Waals surface area (Å²) in [5, 5.41) is 22.8. The van der Waals surface area contributed by atoms with E-state index in [0.29, 0.717) is 24.2 Å². The van der Waals surface area contributed by atoms with Crippen molar-refractivity contribution in [3.63, 3.8) is 0 Å². The second-order valence-electron chi connectivity index (χ2n) is 8.51. The van der Waals surface area contributed by atoms with Crippen LogP contribution in [0.2, 0.25) is 0 Å². The molecule has 0 aliphatic carbocycles. The molecule has 0 spiro atoms. The van der Waals surface area contributed by atoms with Gasteiger partial charge in [-0.3, -0.25) is 0 Å². The number of methoxy groups -OCH3 is 1. The lowest BCUT2D eigenvalue weighted by Gasteiger charge is -2.15. The monoisotopic (exact) mass is 470 g/mol. The van der Waals surface area contributed by atoms with Crippen molar-refractivity contribution in [2.45, 2.75) is 12.5 Å². The highest BCUT2D eigenvalue weighted by atomic mass is 19.1. The molecular formula is C27H23FN4O3. The topological polar surface area (TPSA) is 90.5 Å². The maximum atomic E-state index is 14.6. The summed E-state index contributed by atoms with van der Waals surface area (Å²) in [7, 11) is 1.43. The number of benzene rings is 3. The van der Waals surface area contributed by atoms with Crippen LogP contribution < -0.4 is 10.1 Å². The number of ether oxygens (including phenoxy) is 1. The Kier molecular flexibility index (Phi) is 5.75. The Balaban J connectivity index is 1.58. The molecule has 8 heteroatoms. The number of hydrogen-bond donors (Lipinski definition) is 2. The van der Waals surface area contributed by atoms with Gasteiger partial charge in [0.2, 0.25) is 0 Å². The summed E-state index contributed by atoms with van der Waals surface area (Å²) in [4.78, 5) is 12.6. The van der Waals surface area contributed by atoms with Crippen LogP contribution in [-0.4, -0.2) is 46.9 Å². The van der Waals surface area contributed by atoms with E-state index < -0.39 is 11.9 Å². The molecule has 35 heavy (non-hydrogen) atoms. The molecule has 2 heterocycles. The molecule has 1 saturated heterocycles. The SMILES string of the molecule is COc1ccc(-c2cc3cc(N[C@@H]4CCN(C(=O)O)C4)ccc3n2-c2ccc(C#N)cc2)cc1F. The van der Waals surface area contributed by atoms with E-state index in [1.807, 2.05) is 47.0 Å². The van der Waals surface area contributed by atoms with Gasteiger partial charge in [0, 0.05) is 41.5 Å². The van der Waals surface area contributed by atoms with Crippen molar-refractivity contribution in [2.24, 2.45) is 0 Å². The number of anilines is 1. The number of carboxylic acid groups (broad SMARTS) is 1. The second kappa shape index (κ2) is 9.03. The Hall–Kier alpha value is -4.51. The van der Waals surface area contributed by atoms with Crippen LogP contribution in [0.25, 0.3) is 27.8 Å². The van der Waals surface area contributed by atoms with Crippen molar-refractivity contribution < 1.29 is 19.0 Å². The smallest absolute Gasteiger partial charge is 0.407 e. The van der Waals surface area contributed by atoms with Crippen LogP contribution in [0.1, 0.15) is 12.0 Å². The van der Waals surface area contributed by atoms with Crippen molar-refractivity contribution in [3.8, 4) is 28.8 Å². The third-order valence-electron chi connectivity index (χ3n) is 6.33. The van der Waals surface area contributed by atoms with E-state index >= 15 is 0 Å². The number of amides is 1. The fourth-order valence-corrected chi connectivity index (χ4v) is 4.59. The van der Waals surface area contributed by atoms with Crippen LogP contribution in [0.5, 0.6) is 5.75 Å². The largest absolute Gasteiger partial charge is 0.494 e. The molecule has 5 rings (SSSR count). The number of hydrogen-bond acceptors (Lipinski definition) is 4. The molecule has 2 N–H and O–H groups in total. The van der Waals surface area contributed by atoms with Crippen LogP contribution in [0.4, 0.5) is 14.9 Å². The van der Waals surface area contributed by atoms with E-state index in [2.05, 4.69) is 11.4 Å². The Morgan fingerprint density at radius 3 is 2.60 bits per heavy atom. The van der Waals surface area contributed by atoms with Gasteiger partial charge >= 0.3 is 6.09 Å². The zero-order valence-electron chi connectivity index (χ0n) is 19.0. The fraction of sp³-hybridized carbons (Fsp3) is 0.185. The van der Waals surface area contributed by atoms with Gasteiger partial charge in [0.05, 0.1) is 30.0 Å². The summed E-state index contributed by atoms with van der Waals surface area (Å²) in [5.74, 6) is -0.276. The summed E-state index contributed by atoms with van der Waals surface area (Å²) in [6.45, 7) is 0.952. The first-order valence-corrected chi connectivity index (χ1v) is 11.2. The Bertz CT molecular complexity index is 1460. The van der Waals surface area contributed by atoms with Crippen LogP contribution in [-0.2, 0) is 0 Å². The molecule has 0 saturated carbocycles. The zero-order chi connectivity index (χ0) is 24.5. The second-order valence-corrected chi connectivity index (χ2v) is 8.51. The molecular weight excluding hydrogens is 447 g/mol. The average Bonchev–Trinajstić information content (AvgIpc) is 3.49. The van der Waals surface area contributed by atoms with E-state index in [9.17, 15) is 19.6 Å². The van der Waals surface area contributed by atoms with Gasteiger partial charge in [0.1, 0.15) is 0 Å². The summed E-state index contributed by atoms with van der Waals surface area (Å²) < 4.78 is 21.7. The van der Waals surface area contributed by atoms with Crippen LogP contribution in [0.3, 0.4) is 0 Å². The summed E-state index contributed by atoms with van der Waals surface area (Å²) in [6.07, 6.45) is -0.159. The molecule has 176 valence electrons. The van der Waals surface area contributed by atoms with Gasteiger partial charge in [-0.1, -0.05) is 0 Å². The van der Waals surface area contributed by atoms with E-state index in [1.165, 1.54) is 18.1 Å². The number of fused-ring (bicyclic) bond motifs is 1. The minimum absolute atomic E-state index is 0.0410. The first kappa shape index (κ1) is 22.3. The van der Waals surface area contributed by atoms with Crippen molar-refractivity contribution in [1.82, 2.24) is 9.47 Å². The van der Waals surface area contributed by atoms with Crippen molar-refractivity contribution in [1.29, 1.82) is 5.26 Å². The number of carbonyl (C=O) groups is 1. The maximum Gasteiger partial charge on any atom is 0.407 e. The van der Waals surface area contributed by atoms with E-state index in [1.54, 1.807) is 18.2 Å². The molecule has 4 aromatic rings. The molecule has 0 radical (unpaired) electrons. The molecule has 1 aliphatic heterocycles. The van der Waals surface area contributed by atoms with Crippen LogP contribution in [0.15, 0.2) is 66.7 Å². The lowest BCUT2D eigenvalue weighted by Crippen LogP contribution is -2.30. The van der Waals surface area contributed by atoms with Crippen LogP contribution >= 0.6 is 0 Å². The molecule has 7 nitrogen and oxygen atoms in total. The number of halogens is 1. The van der Waals surface area contributed by atoms with Crippen molar-refractivity contribution >= 4 is 22.7 Å². The summed E-state index contributed by atoms with van der Waals surface area (Å²) in [5.41, 5.74) is 4.69. The first-order valence-electron chi connectivity index (χ1n) is 11.2. The van der Waals surface area contributed by atoms with Gasteiger partial charge in [-0.2, -0.15) is 5.26 Å². The minimum atomic E-state index is -0.902. The lowest BCUT2D eigenvalue weighted by molar-refractivity contribution is 0.155. The standard InChI is InChI=1S/C27H23FN4O3/c1-35-26-9-4-18(13-23(26)28)25-14-19-12-20(30-21-10-11-31(16-21)27(33)34)5-8-24(19)32(25)22-6-2-17(15-29)3-7-22/h2-9,12-14,21,30H,10-11,16H2,1H3,(H,33,34)/t21-/m1/s1. The highest BCUT2D eigenvalue weighted by Crippen LogP contribution is 2.35. The Morgan fingerprint density at radius 2 is 1.94 bits per heavy atom. The molecule has 1 amide bonds. The molecule has 1 atom stereocenters. The number of likely N-dealkylation sites (tertiary alicyclic amines) is 1. The molecule has 3 aromatic carbocycles. The van der Waals surface area contributed by atoms with Gasteiger partial charge in [-0.05, 0) is 73.2 Å². The lowest BCUT2D eigenvalue weighted by atomic mass is 10.1. The third-order valence-corrected chi connectivity index (χ3v) is 6.33. The summed E-state index contributed by atoms with van der Waals surface area (Å²) in [6, 6.07) is 22.3. The first-order chi connectivity index (χ1) is 17.0. The number of nitrogens with zero attached hydrogens (tertiary/aromatic N) is 3. The predicted octanol–water partition coefficient (Wildman–Crippen LogP) is 5.48. The van der Waals surface area contributed by atoms with Gasteiger partial charge in [0.25, 0.3) is 0 Å². The molecule has 0 bridgehead atoms. The highest BCUT2D eigenvalue weighted by Gasteiger charge is 2.26. The average molecular weight is 471 g/mol. The predicted molar refractivity (Wildman–Crippen MR) is 132 cm³/mol. The molecule has 1 aromatic heterocycles. The molecule has 1 fully saturated rings. The quantitative estimate of drug-likeness (QED) is 0.403. The van der Waals surface area contributed by atoms with E-state index in [-0.39, 0.29) is 11.8 Å². The number of nitriles is 1. The fourth-order valence-electron chi connectivity index (χ4n) is 4.59. The Labute approximate surface area is 201 Å². The van der Waals surface area contributed by atoms with Crippen LogP contribution in [0, 0.1) is 17.1 Å². The third kappa shape index (κ3) is 4.24. The summed E-state index contributed by atoms with van der Waals surface area (Å²) >= 11 is 0. The van der Waals surface area contributed by atoms with Crippen molar-refractivity contribution in [3.05, 3.63) is 78.1 Å². The zero-order valence-corrected chi connectivity index (χ0v) is 19.0. The van der Waals surface area contributed by atoms with Gasteiger partial charge in [0.15, 0.2) is 11.6 Å². The highest BCUT2D eigenvalue weighted by molar-refractivity contribution is 5.91. The van der Waals surface area contributed by atoms with Gasteiger partial charge in [-0.15, -0.1) is 0 Å². The van der Waals surface area contributed by atoms with E-state index in [0.717, 1.165) is 34.4 Å². The van der Waals surface area contributed by atoms with Gasteiger partial charge < -0.3 is 24.6 Å². The molecule has 0 unspecified atom stereocenters. The maximum absolute atomic E-state index is 14.6.